The fourth-order valence-corrected chi connectivity index (χ4v) is 2.77. The van der Waals surface area contributed by atoms with Gasteiger partial charge in [0, 0.05) is 6.61 Å². The molecule has 2 saturated heterocycles. The largest absolute Gasteiger partial charge is 0.379 e. The van der Waals surface area contributed by atoms with Crippen LogP contribution >= 0.6 is 0 Å². The molecule has 18 heavy (non-hydrogen) atoms. The highest BCUT2D eigenvalue weighted by atomic mass is 16.5. The van der Waals surface area contributed by atoms with Gasteiger partial charge < -0.3 is 15.0 Å². The summed E-state index contributed by atoms with van der Waals surface area (Å²) in [7, 11) is 0. The SMILES string of the molecule is CC(C)C1C(=O)NC(C)(C)C(=O)N1C1CCOC1. The number of hydrogen-bond donors (Lipinski definition) is 1. The topological polar surface area (TPSA) is 58.6 Å². The minimum atomic E-state index is -0.814. The Morgan fingerprint density at radius 2 is 2.06 bits per heavy atom. The predicted molar refractivity (Wildman–Crippen MR) is 66.9 cm³/mol. The highest BCUT2D eigenvalue weighted by molar-refractivity contribution is 5.99. The Kier molecular flexibility index (Phi) is 3.36. The van der Waals surface area contributed by atoms with Crippen molar-refractivity contribution in [3.8, 4) is 0 Å². The molecule has 0 aromatic carbocycles. The van der Waals surface area contributed by atoms with Crippen molar-refractivity contribution in [2.24, 2.45) is 5.92 Å². The summed E-state index contributed by atoms with van der Waals surface area (Å²) < 4.78 is 5.36. The first-order valence-corrected chi connectivity index (χ1v) is 6.57. The lowest BCUT2D eigenvalue weighted by Crippen LogP contribution is -2.71. The van der Waals surface area contributed by atoms with Crippen molar-refractivity contribution >= 4 is 11.8 Å². The Balaban J connectivity index is 2.33. The standard InChI is InChI=1S/C13H22N2O3/c1-8(2)10-11(16)14-13(3,4)12(17)15(10)9-5-6-18-7-9/h8-10H,5-7H2,1-4H3,(H,14,16). The molecule has 2 fully saturated rings. The first kappa shape index (κ1) is 13.3. The third-order valence-electron chi connectivity index (χ3n) is 3.70. The maximum Gasteiger partial charge on any atom is 0.248 e. The smallest absolute Gasteiger partial charge is 0.248 e. The predicted octanol–water partition coefficient (Wildman–Crippen LogP) is 0.537. The van der Waals surface area contributed by atoms with Crippen molar-refractivity contribution in [3.05, 3.63) is 0 Å². The number of nitrogens with zero attached hydrogens (tertiary/aromatic N) is 1. The summed E-state index contributed by atoms with van der Waals surface area (Å²) in [6, 6.07) is -0.340. The minimum absolute atomic E-state index is 0.00343. The molecule has 1 N–H and O–H groups in total. The molecule has 5 nitrogen and oxygen atoms in total. The van der Waals surface area contributed by atoms with Crippen LogP contribution in [0.1, 0.15) is 34.1 Å². The van der Waals surface area contributed by atoms with Crippen LogP contribution in [0.4, 0.5) is 0 Å². The third kappa shape index (κ3) is 2.11. The van der Waals surface area contributed by atoms with Crippen molar-refractivity contribution in [3.63, 3.8) is 0 Å². The quantitative estimate of drug-likeness (QED) is 0.782. The van der Waals surface area contributed by atoms with Gasteiger partial charge in [-0.25, -0.2) is 0 Å². The van der Waals surface area contributed by atoms with E-state index in [1.54, 1.807) is 18.7 Å². The average Bonchev–Trinajstić information content (AvgIpc) is 2.74. The van der Waals surface area contributed by atoms with Gasteiger partial charge in [-0.2, -0.15) is 0 Å². The molecule has 2 heterocycles. The van der Waals surface area contributed by atoms with E-state index in [0.29, 0.717) is 13.2 Å². The van der Waals surface area contributed by atoms with Crippen LogP contribution in [0.15, 0.2) is 0 Å². The van der Waals surface area contributed by atoms with Gasteiger partial charge in [-0.1, -0.05) is 13.8 Å². The van der Waals surface area contributed by atoms with Crippen molar-refractivity contribution in [1.29, 1.82) is 0 Å². The number of rotatable bonds is 2. The van der Waals surface area contributed by atoms with Crippen molar-refractivity contribution in [1.82, 2.24) is 10.2 Å². The molecular formula is C13H22N2O3. The molecule has 2 aliphatic rings. The number of carbonyl (C=O) groups excluding carboxylic acids is 2. The Labute approximate surface area is 108 Å². The number of amides is 2. The molecule has 0 aromatic rings. The van der Waals surface area contributed by atoms with Crippen LogP contribution in [-0.2, 0) is 14.3 Å². The molecule has 5 heteroatoms. The summed E-state index contributed by atoms with van der Waals surface area (Å²) in [6.45, 7) is 8.66. The summed E-state index contributed by atoms with van der Waals surface area (Å²) in [5, 5.41) is 2.82. The minimum Gasteiger partial charge on any atom is -0.379 e. The highest BCUT2D eigenvalue weighted by Gasteiger charge is 2.49. The van der Waals surface area contributed by atoms with E-state index >= 15 is 0 Å². The number of hydrogen-bond acceptors (Lipinski definition) is 3. The zero-order valence-corrected chi connectivity index (χ0v) is 11.5. The van der Waals surface area contributed by atoms with Gasteiger partial charge in [0.1, 0.15) is 11.6 Å². The second kappa shape index (κ2) is 4.53. The second-order valence-corrected chi connectivity index (χ2v) is 6.03. The molecule has 2 unspecified atom stereocenters. The lowest BCUT2D eigenvalue weighted by molar-refractivity contribution is -0.158. The van der Waals surface area contributed by atoms with Gasteiger partial charge >= 0.3 is 0 Å². The van der Waals surface area contributed by atoms with Crippen molar-refractivity contribution < 1.29 is 14.3 Å². The summed E-state index contributed by atoms with van der Waals surface area (Å²) in [4.78, 5) is 26.5. The lowest BCUT2D eigenvalue weighted by Gasteiger charge is -2.46. The zero-order chi connectivity index (χ0) is 13.5. The molecule has 102 valence electrons. The van der Waals surface area contributed by atoms with Crippen LogP contribution in [0, 0.1) is 5.92 Å². The van der Waals surface area contributed by atoms with Gasteiger partial charge in [0.2, 0.25) is 11.8 Å². The van der Waals surface area contributed by atoms with E-state index in [1.807, 2.05) is 13.8 Å². The van der Waals surface area contributed by atoms with E-state index in [4.69, 9.17) is 4.74 Å². The van der Waals surface area contributed by atoms with Crippen LogP contribution < -0.4 is 5.32 Å². The lowest BCUT2D eigenvalue weighted by atomic mass is 9.90. The van der Waals surface area contributed by atoms with Crippen LogP contribution in [-0.4, -0.2) is 47.6 Å². The number of piperazine rings is 1. The molecular weight excluding hydrogens is 232 g/mol. The summed E-state index contributed by atoms with van der Waals surface area (Å²) >= 11 is 0. The number of nitrogens with one attached hydrogen (secondary N) is 1. The van der Waals surface area contributed by atoms with Crippen LogP contribution in [0.5, 0.6) is 0 Å². The summed E-state index contributed by atoms with van der Waals surface area (Å²) in [5.74, 6) is 0.0449. The molecule has 2 rings (SSSR count). The van der Waals surface area contributed by atoms with E-state index in [1.165, 1.54) is 0 Å². The van der Waals surface area contributed by atoms with E-state index in [-0.39, 0.29) is 29.8 Å². The second-order valence-electron chi connectivity index (χ2n) is 6.03. The molecule has 0 saturated carbocycles. The van der Waals surface area contributed by atoms with Crippen LogP contribution in [0.3, 0.4) is 0 Å². The van der Waals surface area contributed by atoms with Gasteiger partial charge in [0.15, 0.2) is 0 Å². The maximum absolute atomic E-state index is 12.6. The van der Waals surface area contributed by atoms with Gasteiger partial charge in [-0.3, -0.25) is 9.59 Å². The molecule has 2 atom stereocenters. The molecule has 0 bridgehead atoms. The molecule has 2 aliphatic heterocycles. The van der Waals surface area contributed by atoms with Crippen molar-refractivity contribution in [2.45, 2.75) is 51.7 Å². The Morgan fingerprint density at radius 1 is 1.39 bits per heavy atom. The molecule has 2 amide bonds. The monoisotopic (exact) mass is 254 g/mol. The Hall–Kier alpha value is -1.10. The molecule has 0 spiro atoms. The summed E-state index contributed by atoms with van der Waals surface area (Å²) in [5.41, 5.74) is -0.814. The zero-order valence-electron chi connectivity index (χ0n) is 11.5. The van der Waals surface area contributed by atoms with Crippen molar-refractivity contribution in [2.75, 3.05) is 13.2 Å². The Bertz CT molecular complexity index is 359. The van der Waals surface area contributed by atoms with E-state index in [9.17, 15) is 9.59 Å². The van der Waals surface area contributed by atoms with Crippen LogP contribution in [0.25, 0.3) is 0 Å². The number of ether oxygens (including phenoxy) is 1. The Morgan fingerprint density at radius 3 is 2.56 bits per heavy atom. The maximum atomic E-state index is 12.6. The normalized spacial score (nSPS) is 31.9. The van der Waals surface area contributed by atoms with Gasteiger partial charge in [0.05, 0.1) is 12.6 Å². The van der Waals surface area contributed by atoms with Gasteiger partial charge in [-0.15, -0.1) is 0 Å². The van der Waals surface area contributed by atoms with E-state index in [0.717, 1.165) is 6.42 Å². The average molecular weight is 254 g/mol. The molecule has 0 radical (unpaired) electrons. The summed E-state index contributed by atoms with van der Waals surface area (Å²) in [6.07, 6.45) is 0.818. The van der Waals surface area contributed by atoms with Crippen LogP contribution in [0.2, 0.25) is 0 Å². The van der Waals surface area contributed by atoms with Gasteiger partial charge in [-0.05, 0) is 26.2 Å². The molecule has 0 aliphatic carbocycles. The van der Waals surface area contributed by atoms with Gasteiger partial charge in [0.25, 0.3) is 0 Å². The van der Waals surface area contributed by atoms with E-state index < -0.39 is 5.54 Å². The highest BCUT2D eigenvalue weighted by Crippen LogP contribution is 2.27. The third-order valence-corrected chi connectivity index (χ3v) is 3.70. The van der Waals surface area contributed by atoms with E-state index in [2.05, 4.69) is 5.32 Å². The first-order chi connectivity index (χ1) is 8.34. The fourth-order valence-electron chi connectivity index (χ4n) is 2.77. The number of carbonyl (C=O) groups is 2. The fraction of sp³-hybridized carbons (Fsp3) is 0.846. The first-order valence-electron chi connectivity index (χ1n) is 6.57. The molecule has 0 aromatic heterocycles.